The fourth-order valence-electron chi connectivity index (χ4n) is 2.07. The van der Waals surface area contributed by atoms with E-state index in [1.807, 2.05) is 5.38 Å². The van der Waals surface area contributed by atoms with Crippen molar-refractivity contribution in [2.24, 2.45) is 5.92 Å². The van der Waals surface area contributed by atoms with Crippen LogP contribution in [-0.4, -0.2) is 45.2 Å². The van der Waals surface area contributed by atoms with Crippen molar-refractivity contribution in [3.63, 3.8) is 0 Å². The summed E-state index contributed by atoms with van der Waals surface area (Å²) in [7, 11) is 0. The lowest BCUT2D eigenvalue weighted by molar-refractivity contribution is -0.000338. The molecule has 0 saturated heterocycles. The van der Waals surface area contributed by atoms with Crippen LogP contribution in [0.4, 0.5) is 0 Å². The number of hydrogen-bond acceptors (Lipinski definition) is 6. The van der Waals surface area contributed by atoms with Gasteiger partial charge in [0.1, 0.15) is 5.01 Å². The van der Waals surface area contributed by atoms with Gasteiger partial charge in [-0.3, -0.25) is 0 Å². The third-order valence-corrected chi connectivity index (χ3v) is 3.81. The second-order valence-electron chi connectivity index (χ2n) is 4.07. The SMILES string of the molecule is Cl.Cl.OC[C@H]1C[C@@H](NCc2nccs2)[C@H](O)[C@@H]1O. The van der Waals surface area contributed by atoms with E-state index in [4.69, 9.17) is 5.11 Å². The second kappa shape index (κ2) is 8.27. The van der Waals surface area contributed by atoms with Crippen molar-refractivity contribution in [1.29, 1.82) is 0 Å². The first-order chi connectivity index (χ1) is 7.72. The molecule has 0 aromatic carbocycles. The molecule has 1 fully saturated rings. The number of aromatic nitrogens is 1. The number of aliphatic hydroxyl groups is 3. The lowest BCUT2D eigenvalue weighted by Crippen LogP contribution is -2.39. The number of aliphatic hydroxyl groups excluding tert-OH is 3. The van der Waals surface area contributed by atoms with Crippen LogP contribution in [0.25, 0.3) is 0 Å². The molecule has 5 nitrogen and oxygen atoms in total. The van der Waals surface area contributed by atoms with E-state index in [2.05, 4.69) is 10.3 Å². The zero-order valence-corrected chi connectivity index (χ0v) is 12.0. The average molecular weight is 317 g/mol. The van der Waals surface area contributed by atoms with E-state index in [0.29, 0.717) is 13.0 Å². The van der Waals surface area contributed by atoms with Crippen molar-refractivity contribution in [2.45, 2.75) is 31.2 Å². The Labute approximate surface area is 122 Å². The first-order valence-corrected chi connectivity index (χ1v) is 6.19. The van der Waals surface area contributed by atoms with E-state index < -0.39 is 12.2 Å². The van der Waals surface area contributed by atoms with Crippen LogP contribution in [0.2, 0.25) is 0 Å². The van der Waals surface area contributed by atoms with Crippen LogP contribution in [-0.2, 0) is 6.54 Å². The van der Waals surface area contributed by atoms with Gasteiger partial charge >= 0.3 is 0 Å². The highest BCUT2D eigenvalue weighted by molar-refractivity contribution is 7.09. The predicted octanol–water partition coefficient (Wildman–Crippen LogP) is 0.179. The highest BCUT2D eigenvalue weighted by Gasteiger charge is 2.40. The number of rotatable bonds is 4. The van der Waals surface area contributed by atoms with Crippen LogP contribution >= 0.6 is 36.2 Å². The number of nitrogens with zero attached hydrogens (tertiary/aromatic N) is 1. The van der Waals surface area contributed by atoms with Gasteiger partial charge in [0, 0.05) is 36.7 Å². The summed E-state index contributed by atoms with van der Waals surface area (Å²) in [5.74, 6) is -0.233. The van der Waals surface area contributed by atoms with Crippen molar-refractivity contribution in [3.05, 3.63) is 16.6 Å². The first kappa shape index (κ1) is 18.0. The van der Waals surface area contributed by atoms with E-state index in [1.165, 1.54) is 0 Å². The molecule has 0 aliphatic heterocycles. The molecule has 1 saturated carbocycles. The zero-order chi connectivity index (χ0) is 11.5. The van der Waals surface area contributed by atoms with Gasteiger partial charge in [-0.1, -0.05) is 0 Å². The second-order valence-corrected chi connectivity index (χ2v) is 5.05. The summed E-state index contributed by atoms with van der Waals surface area (Å²) in [5, 5.41) is 34.4. The van der Waals surface area contributed by atoms with E-state index >= 15 is 0 Å². The fraction of sp³-hybridized carbons (Fsp3) is 0.700. The first-order valence-electron chi connectivity index (χ1n) is 5.31. The number of nitrogens with one attached hydrogen (secondary N) is 1. The molecule has 1 aliphatic carbocycles. The Bertz CT molecular complexity index is 329. The van der Waals surface area contributed by atoms with Crippen LogP contribution in [0.15, 0.2) is 11.6 Å². The standard InChI is InChI=1S/C10H16N2O3S.2ClH/c13-5-6-3-7(10(15)9(6)14)12-4-8-11-1-2-16-8;;/h1-2,6-7,9-10,12-15H,3-5H2;2*1H/t6-,7-,9-,10+;;/m1../s1. The zero-order valence-electron chi connectivity index (χ0n) is 9.60. The van der Waals surface area contributed by atoms with Crippen LogP contribution in [0.5, 0.6) is 0 Å². The Morgan fingerprint density at radius 1 is 1.33 bits per heavy atom. The minimum Gasteiger partial charge on any atom is -0.396 e. The molecule has 0 unspecified atom stereocenters. The molecule has 1 aromatic heterocycles. The maximum atomic E-state index is 9.75. The van der Waals surface area contributed by atoms with Crippen LogP contribution in [0.3, 0.4) is 0 Å². The molecule has 0 bridgehead atoms. The Hall–Kier alpha value is 0.0500. The summed E-state index contributed by atoms with van der Waals surface area (Å²) in [6.45, 7) is 0.498. The van der Waals surface area contributed by atoms with Gasteiger partial charge < -0.3 is 20.6 Å². The van der Waals surface area contributed by atoms with E-state index in [9.17, 15) is 10.2 Å². The molecular formula is C10H18Cl2N2O3S. The van der Waals surface area contributed by atoms with Crippen LogP contribution < -0.4 is 5.32 Å². The number of thiazole rings is 1. The Kier molecular flexibility index (Phi) is 8.29. The van der Waals surface area contributed by atoms with Crippen LogP contribution in [0, 0.1) is 5.92 Å². The molecule has 18 heavy (non-hydrogen) atoms. The van der Waals surface area contributed by atoms with Crippen molar-refractivity contribution < 1.29 is 15.3 Å². The molecule has 0 amide bonds. The molecule has 4 atom stereocenters. The maximum Gasteiger partial charge on any atom is 0.106 e. The van der Waals surface area contributed by atoms with Gasteiger partial charge in [-0.15, -0.1) is 36.2 Å². The third kappa shape index (κ3) is 4.03. The Balaban J connectivity index is 0.00000144. The number of hydrogen-bond donors (Lipinski definition) is 4. The van der Waals surface area contributed by atoms with Crippen molar-refractivity contribution in [2.75, 3.05) is 6.61 Å². The lowest BCUT2D eigenvalue weighted by atomic mass is 10.1. The lowest BCUT2D eigenvalue weighted by Gasteiger charge is -2.17. The summed E-state index contributed by atoms with van der Waals surface area (Å²) in [6, 6.07) is -0.170. The summed E-state index contributed by atoms with van der Waals surface area (Å²) in [6.07, 6.45) is 0.679. The van der Waals surface area contributed by atoms with Crippen LogP contribution in [0.1, 0.15) is 11.4 Å². The predicted molar refractivity (Wildman–Crippen MR) is 74.4 cm³/mol. The fourth-order valence-corrected chi connectivity index (χ4v) is 2.63. The van der Waals surface area contributed by atoms with Crippen molar-refractivity contribution in [1.82, 2.24) is 10.3 Å². The van der Waals surface area contributed by atoms with Gasteiger partial charge in [0.05, 0.1) is 12.2 Å². The molecule has 1 heterocycles. The van der Waals surface area contributed by atoms with E-state index in [0.717, 1.165) is 5.01 Å². The van der Waals surface area contributed by atoms with E-state index in [-0.39, 0.29) is 43.4 Å². The Morgan fingerprint density at radius 2 is 2.06 bits per heavy atom. The van der Waals surface area contributed by atoms with Gasteiger partial charge in [-0.2, -0.15) is 0 Å². The minimum atomic E-state index is -0.834. The Morgan fingerprint density at radius 3 is 2.56 bits per heavy atom. The van der Waals surface area contributed by atoms with E-state index in [1.54, 1.807) is 17.5 Å². The molecule has 4 N–H and O–H groups in total. The molecule has 0 radical (unpaired) electrons. The third-order valence-electron chi connectivity index (χ3n) is 3.04. The summed E-state index contributed by atoms with van der Waals surface area (Å²) in [4.78, 5) is 4.12. The molecule has 1 aliphatic rings. The summed E-state index contributed by atoms with van der Waals surface area (Å²) < 4.78 is 0. The quantitative estimate of drug-likeness (QED) is 0.636. The molecule has 0 spiro atoms. The summed E-state index contributed by atoms with van der Waals surface area (Å²) in [5.41, 5.74) is 0. The van der Waals surface area contributed by atoms with Gasteiger partial charge in [0.2, 0.25) is 0 Å². The smallest absolute Gasteiger partial charge is 0.106 e. The minimum absolute atomic E-state index is 0. The molecule has 1 aromatic rings. The van der Waals surface area contributed by atoms with Gasteiger partial charge in [-0.25, -0.2) is 4.98 Å². The van der Waals surface area contributed by atoms with Gasteiger partial charge in [-0.05, 0) is 6.42 Å². The molecule has 106 valence electrons. The van der Waals surface area contributed by atoms with Gasteiger partial charge in [0.15, 0.2) is 0 Å². The number of halogens is 2. The van der Waals surface area contributed by atoms with Crippen molar-refractivity contribution in [3.8, 4) is 0 Å². The normalized spacial score (nSPS) is 30.6. The molecular weight excluding hydrogens is 299 g/mol. The summed E-state index contributed by atoms with van der Waals surface area (Å²) >= 11 is 1.55. The maximum absolute atomic E-state index is 9.75. The largest absolute Gasteiger partial charge is 0.396 e. The van der Waals surface area contributed by atoms with Gasteiger partial charge in [0.25, 0.3) is 0 Å². The topological polar surface area (TPSA) is 85.6 Å². The highest BCUT2D eigenvalue weighted by atomic mass is 35.5. The average Bonchev–Trinajstić information content (AvgIpc) is 2.88. The highest BCUT2D eigenvalue weighted by Crippen LogP contribution is 2.26. The monoisotopic (exact) mass is 316 g/mol. The molecule has 2 rings (SSSR count). The van der Waals surface area contributed by atoms with Crippen molar-refractivity contribution >= 4 is 36.2 Å². The molecule has 8 heteroatoms.